The van der Waals surface area contributed by atoms with Crippen molar-refractivity contribution in [3.05, 3.63) is 64.2 Å². The number of hydrazine groups is 1. The maximum atomic E-state index is 12.3. The Kier molecular flexibility index (Phi) is 4.57. The van der Waals surface area contributed by atoms with Crippen LogP contribution in [0.1, 0.15) is 10.4 Å². The predicted molar refractivity (Wildman–Crippen MR) is 82.0 cm³/mol. The normalized spacial score (nSPS) is 9.91. The number of amides is 1. The molecule has 0 aliphatic rings. The van der Waals surface area contributed by atoms with Crippen LogP contribution < -0.4 is 15.2 Å². The first kappa shape index (κ1) is 15.3. The quantitative estimate of drug-likeness (QED) is 0.677. The Morgan fingerprint density at radius 2 is 1.91 bits per heavy atom. The molecule has 0 fully saturated rings. The molecule has 0 saturated heterocycles. The summed E-state index contributed by atoms with van der Waals surface area (Å²) in [6.45, 7) is 0. The maximum absolute atomic E-state index is 12.3. The van der Waals surface area contributed by atoms with Gasteiger partial charge in [0.05, 0.1) is 23.3 Å². The van der Waals surface area contributed by atoms with Crippen LogP contribution in [-0.4, -0.2) is 25.0 Å². The van der Waals surface area contributed by atoms with E-state index in [4.69, 9.17) is 4.74 Å². The van der Waals surface area contributed by atoms with Crippen LogP contribution in [0, 0.1) is 10.1 Å². The zero-order valence-electron chi connectivity index (χ0n) is 12.1. The molecule has 1 amide bonds. The second-order valence-corrected chi connectivity index (χ2v) is 4.48. The molecule has 0 aliphatic heterocycles. The van der Waals surface area contributed by atoms with Crippen molar-refractivity contribution in [3.63, 3.8) is 0 Å². The van der Waals surface area contributed by atoms with Gasteiger partial charge in [0.1, 0.15) is 5.75 Å². The van der Waals surface area contributed by atoms with Crippen LogP contribution in [-0.2, 0) is 0 Å². The van der Waals surface area contributed by atoms with Gasteiger partial charge in [-0.15, -0.1) is 0 Å². The number of anilines is 1. The summed E-state index contributed by atoms with van der Waals surface area (Å²) >= 11 is 0. The third-order valence-corrected chi connectivity index (χ3v) is 3.05. The number of nitrogens with zero attached hydrogens (tertiary/aromatic N) is 2. The highest BCUT2D eigenvalue weighted by Gasteiger charge is 2.18. The first-order valence-electron chi connectivity index (χ1n) is 6.45. The van der Waals surface area contributed by atoms with Crippen LogP contribution in [0.5, 0.6) is 5.75 Å². The molecule has 0 heterocycles. The lowest BCUT2D eigenvalue weighted by atomic mass is 10.1. The van der Waals surface area contributed by atoms with Gasteiger partial charge in [-0.2, -0.15) is 0 Å². The lowest BCUT2D eigenvalue weighted by Gasteiger charge is -2.20. The van der Waals surface area contributed by atoms with Crippen molar-refractivity contribution >= 4 is 17.3 Å². The summed E-state index contributed by atoms with van der Waals surface area (Å²) in [5, 5.41) is 12.4. The van der Waals surface area contributed by atoms with E-state index < -0.39 is 10.8 Å². The van der Waals surface area contributed by atoms with E-state index >= 15 is 0 Å². The van der Waals surface area contributed by atoms with Crippen LogP contribution in [0.4, 0.5) is 11.4 Å². The summed E-state index contributed by atoms with van der Waals surface area (Å²) in [6, 6.07) is 13.1. The third kappa shape index (κ3) is 3.32. The molecule has 0 aliphatic carbocycles. The molecular weight excluding hydrogens is 286 g/mol. The number of hydrogen-bond donors (Lipinski definition) is 1. The van der Waals surface area contributed by atoms with Gasteiger partial charge in [-0.3, -0.25) is 25.3 Å². The van der Waals surface area contributed by atoms with Crippen molar-refractivity contribution in [2.75, 3.05) is 19.2 Å². The van der Waals surface area contributed by atoms with Gasteiger partial charge in [0.15, 0.2) is 0 Å². The number of carbonyl (C=O) groups excluding carboxylic acids is 1. The summed E-state index contributed by atoms with van der Waals surface area (Å²) in [5.41, 5.74) is 3.35. The summed E-state index contributed by atoms with van der Waals surface area (Å²) in [4.78, 5) is 22.6. The summed E-state index contributed by atoms with van der Waals surface area (Å²) in [5.74, 6) is -0.225. The lowest BCUT2D eigenvalue weighted by Crippen LogP contribution is -2.39. The van der Waals surface area contributed by atoms with Crippen molar-refractivity contribution in [1.29, 1.82) is 0 Å². The summed E-state index contributed by atoms with van der Waals surface area (Å²) < 4.78 is 5.09. The van der Waals surface area contributed by atoms with Gasteiger partial charge in [0.2, 0.25) is 0 Å². The fraction of sp³-hybridized carbons (Fsp3) is 0.133. The maximum Gasteiger partial charge on any atom is 0.273 e. The van der Waals surface area contributed by atoms with Crippen molar-refractivity contribution in [2.45, 2.75) is 0 Å². The standard InChI is InChI=1S/C15H15N3O4/c1-17(11-6-4-3-5-7-11)16-15(19)13-10-12(18(20)21)8-9-14(13)22-2/h3-10H,1-2H3,(H,16,19). The van der Waals surface area contributed by atoms with Gasteiger partial charge in [-0.05, 0) is 18.2 Å². The third-order valence-electron chi connectivity index (χ3n) is 3.05. The molecule has 0 atom stereocenters. The Bertz CT molecular complexity index is 688. The zero-order valence-corrected chi connectivity index (χ0v) is 12.1. The molecule has 0 radical (unpaired) electrons. The van der Waals surface area contributed by atoms with Gasteiger partial charge in [0.25, 0.3) is 11.6 Å². The minimum Gasteiger partial charge on any atom is -0.496 e. The number of nitrogens with one attached hydrogen (secondary N) is 1. The van der Waals surface area contributed by atoms with Crippen molar-refractivity contribution < 1.29 is 14.5 Å². The first-order chi connectivity index (χ1) is 10.5. The number of rotatable bonds is 5. The molecule has 7 heteroatoms. The van der Waals surface area contributed by atoms with E-state index in [0.717, 1.165) is 5.69 Å². The lowest BCUT2D eigenvalue weighted by molar-refractivity contribution is -0.384. The number of ether oxygens (including phenoxy) is 1. The average molecular weight is 301 g/mol. The number of benzene rings is 2. The molecule has 22 heavy (non-hydrogen) atoms. The molecule has 2 aromatic carbocycles. The molecule has 2 rings (SSSR count). The average Bonchev–Trinajstić information content (AvgIpc) is 2.54. The summed E-state index contributed by atoms with van der Waals surface area (Å²) in [6.07, 6.45) is 0. The Hall–Kier alpha value is -3.09. The molecule has 0 saturated carbocycles. The fourth-order valence-corrected chi connectivity index (χ4v) is 1.92. The number of non-ortho nitro benzene ring substituents is 1. The monoisotopic (exact) mass is 301 g/mol. The number of para-hydroxylation sites is 1. The van der Waals surface area contributed by atoms with E-state index in [1.807, 2.05) is 30.3 Å². The highest BCUT2D eigenvalue weighted by molar-refractivity contribution is 5.98. The van der Waals surface area contributed by atoms with E-state index in [1.165, 1.54) is 30.3 Å². The van der Waals surface area contributed by atoms with Crippen LogP contribution in [0.3, 0.4) is 0 Å². The highest BCUT2D eigenvalue weighted by Crippen LogP contribution is 2.24. The molecule has 0 aromatic heterocycles. The first-order valence-corrected chi connectivity index (χ1v) is 6.45. The van der Waals surface area contributed by atoms with Crippen LogP contribution in [0.15, 0.2) is 48.5 Å². The van der Waals surface area contributed by atoms with Gasteiger partial charge in [-0.1, -0.05) is 18.2 Å². The van der Waals surface area contributed by atoms with E-state index in [9.17, 15) is 14.9 Å². The Balaban J connectivity index is 2.25. The molecule has 7 nitrogen and oxygen atoms in total. The van der Waals surface area contributed by atoms with E-state index in [2.05, 4.69) is 5.43 Å². The zero-order chi connectivity index (χ0) is 16.1. The highest BCUT2D eigenvalue weighted by atomic mass is 16.6. The van der Waals surface area contributed by atoms with E-state index in [1.54, 1.807) is 7.05 Å². The molecule has 1 N–H and O–H groups in total. The molecule has 0 spiro atoms. The Morgan fingerprint density at radius 3 is 2.50 bits per heavy atom. The summed E-state index contributed by atoms with van der Waals surface area (Å²) in [7, 11) is 3.08. The Morgan fingerprint density at radius 1 is 1.23 bits per heavy atom. The second-order valence-electron chi connectivity index (χ2n) is 4.48. The number of methoxy groups -OCH3 is 1. The smallest absolute Gasteiger partial charge is 0.273 e. The van der Waals surface area contributed by atoms with Gasteiger partial charge < -0.3 is 4.74 Å². The van der Waals surface area contributed by atoms with Crippen molar-refractivity contribution in [2.24, 2.45) is 0 Å². The topological polar surface area (TPSA) is 84.7 Å². The number of nitro groups is 1. The molecule has 114 valence electrons. The SMILES string of the molecule is COc1ccc([N+](=O)[O-])cc1C(=O)NN(C)c1ccccc1. The number of nitro benzene ring substituents is 1. The van der Waals surface area contributed by atoms with E-state index in [-0.39, 0.29) is 17.0 Å². The second kappa shape index (κ2) is 6.57. The minimum absolute atomic E-state index is 0.0967. The van der Waals surface area contributed by atoms with Gasteiger partial charge in [-0.25, -0.2) is 0 Å². The van der Waals surface area contributed by atoms with Crippen LogP contribution >= 0.6 is 0 Å². The van der Waals surface area contributed by atoms with Crippen molar-refractivity contribution in [3.8, 4) is 5.75 Å². The van der Waals surface area contributed by atoms with Gasteiger partial charge >= 0.3 is 0 Å². The molecule has 0 bridgehead atoms. The minimum atomic E-state index is -0.558. The van der Waals surface area contributed by atoms with E-state index in [0.29, 0.717) is 0 Å². The van der Waals surface area contributed by atoms with Gasteiger partial charge in [0, 0.05) is 19.2 Å². The molecule has 2 aromatic rings. The van der Waals surface area contributed by atoms with Crippen LogP contribution in [0.2, 0.25) is 0 Å². The number of carbonyl (C=O) groups is 1. The number of hydrogen-bond acceptors (Lipinski definition) is 5. The molecule has 0 unspecified atom stereocenters. The molecular formula is C15H15N3O4. The fourth-order valence-electron chi connectivity index (χ4n) is 1.92. The van der Waals surface area contributed by atoms with Crippen LogP contribution in [0.25, 0.3) is 0 Å². The largest absolute Gasteiger partial charge is 0.496 e. The Labute approximate surface area is 127 Å². The predicted octanol–water partition coefficient (Wildman–Crippen LogP) is 2.38. The van der Waals surface area contributed by atoms with Crippen molar-refractivity contribution in [1.82, 2.24) is 5.43 Å².